The first-order valence-corrected chi connectivity index (χ1v) is 7.38. The fourth-order valence-corrected chi connectivity index (χ4v) is 2.22. The molecule has 1 saturated carbocycles. The minimum atomic E-state index is -0.183. The van der Waals surface area contributed by atoms with E-state index in [0.29, 0.717) is 17.5 Å². The molecule has 1 aliphatic rings. The van der Waals surface area contributed by atoms with Crippen LogP contribution in [0.25, 0.3) is 0 Å². The maximum Gasteiger partial charge on any atom is 0.315 e. The van der Waals surface area contributed by atoms with Crippen LogP contribution in [0.3, 0.4) is 0 Å². The summed E-state index contributed by atoms with van der Waals surface area (Å²) in [6.45, 7) is 2.43. The van der Waals surface area contributed by atoms with E-state index in [1.54, 1.807) is 0 Å². The van der Waals surface area contributed by atoms with Crippen molar-refractivity contribution < 1.29 is 9.90 Å². The Balaban J connectivity index is 1.92. The van der Waals surface area contributed by atoms with Crippen molar-refractivity contribution in [1.29, 1.82) is 0 Å². The van der Waals surface area contributed by atoms with Crippen molar-refractivity contribution in [3.63, 3.8) is 0 Å². The number of carbonyl (C=O) groups excluding carboxylic acids is 1. The molecule has 110 valence electrons. The monoisotopic (exact) mass is 296 g/mol. The fraction of sp³-hybridized carbons (Fsp3) is 0.533. The Kier molecular flexibility index (Phi) is 5.26. The molecule has 0 bridgehead atoms. The number of nitrogens with one attached hydrogen (secondary N) is 2. The third-order valence-electron chi connectivity index (χ3n) is 3.53. The maximum atomic E-state index is 11.9. The highest BCUT2D eigenvalue weighted by Gasteiger charge is 2.33. The lowest BCUT2D eigenvalue weighted by Crippen LogP contribution is -2.40. The van der Waals surface area contributed by atoms with Gasteiger partial charge in [-0.25, -0.2) is 4.79 Å². The molecule has 0 aliphatic heterocycles. The summed E-state index contributed by atoms with van der Waals surface area (Å²) >= 11 is 5.89. The molecule has 2 atom stereocenters. The molecule has 1 fully saturated rings. The first kappa shape index (κ1) is 15.1. The van der Waals surface area contributed by atoms with Crippen molar-refractivity contribution >= 4 is 17.6 Å². The van der Waals surface area contributed by atoms with Crippen molar-refractivity contribution in [2.75, 3.05) is 13.2 Å². The van der Waals surface area contributed by atoms with Crippen LogP contribution in [0.5, 0.6) is 0 Å². The van der Waals surface area contributed by atoms with Crippen molar-refractivity contribution in [1.82, 2.24) is 10.6 Å². The number of amides is 2. The molecule has 0 heterocycles. The molecule has 1 aromatic rings. The Morgan fingerprint density at radius 2 is 2.05 bits per heavy atom. The standard InChI is InChI=1S/C15H21ClN2O2/c1-10(9-19)8-17-15(20)18-14(11-2-3-11)12-4-6-13(16)7-5-12/h4-7,10-11,14,19H,2-3,8-9H2,1H3,(H2,17,18,20). The number of aliphatic hydroxyl groups is 1. The van der Waals surface area contributed by atoms with Gasteiger partial charge in [0.2, 0.25) is 0 Å². The first-order chi connectivity index (χ1) is 9.60. The molecule has 1 aliphatic carbocycles. The lowest BCUT2D eigenvalue weighted by Gasteiger charge is -2.20. The van der Waals surface area contributed by atoms with E-state index in [9.17, 15) is 4.79 Å². The number of aliphatic hydroxyl groups excluding tert-OH is 1. The number of rotatable bonds is 6. The number of benzene rings is 1. The lowest BCUT2D eigenvalue weighted by atomic mass is 10.0. The van der Waals surface area contributed by atoms with Gasteiger partial charge in [-0.15, -0.1) is 0 Å². The molecule has 20 heavy (non-hydrogen) atoms. The van der Waals surface area contributed by atoms with Crippen LogP contribution in [0.1, 0.15) is 31.4 Å². The zero-order chi connectivity index (χ0) is 14.5. The summed E-state index contributed by atoms with van der Waals surface area (Å²) < 4.78 is 0. The molecule has 3 N–H and O–H groups in total. The molecule has 4 nitrogen and oxygen atoms in total. The van der Waals surface area contributed by atoms with Gasteiger partial charge >= 0.3 is 6.03 Å². The molecule has 0 spiro atoms. The number of halogens is 1. The minimum Gasteiger partial charge on any atom is -0.396 e. The van der Waals surface area contributed by atoms with E-state index in [1.807, 2.05) is 31.2 Å². The van der Waals surface area contributed by atoms with Gasteiger partial charge in [0.1, 0.15) is 0 Å². The predicted molar refractivity (Wildman–Crippen MR) is 79.7 cm³/mol. The summed E-state index contributed by atoms with van der Waals surface area (Å²) in [4.78, 5) is 11.9. The lowest BCUT2D eigenvalue weighted by molar-refractivity contribution is 0.219. The zero-order valence-corrected chi connectivity index (χ0v) is 12.4. The van der Waals surface area contributed by atoms with Crippen LogP contribution in [-0.4, -0.2) is 24.3 Å². The normalized spacial score (nSPS) is 17.4. The second-order valence-corrected chi connectivity index (χ2v) is 5.95. The Hall–Kier alpha value is -1.26. The van der Waals surface area contributed by atoms with Gasteiger partial charge in [0.15, 0.2) is 0 Å². The van der Waals surface area contributed by atoms with Crippen LogP contribution in [0, 0.1) is 11.8 Å². The summed E-state index contributed by atoms with van der Waals surface area (Å²) in [5.41, 5.74) is 1.09. The van der Waals surface area contributed by atoms with Gasteiger partial charge in [-0.3, -0.25) is 0 Å². The highest BCUT2D eigenvalue weighted by atomic mass is 35.5. The van der Waals surface area contributed by atoms with E-state index < -0.39 is 0 Å². The summed E-state index contributed by atoms with van der Waals surface area (Å²) in [5, 5.41) is 15.5. The number of carbonyl (C=O) groups is 1. The average Bonchev–Trinajstić information content (AvgIpc) is 3.27. The molecule has 0 radical (unpaired) electrons. The van der Waals surface area contributed by atoms with Gasteiger partial charge in [0.05, 0.1) is 6.04 Å². The topological polar surface area (TPSA) is 61.4 Å². The molecule has 0 saturated heterocycles. The average molecular weight is 297 g/mol. The van der Waals surface area contributed by atoms with E-state index in [0.717, 1.165) is 18.4 Å². The summed E-state index contributed by atoms with van der Waals surface area (Å²) in [6.07, 6.45) is 2.28. The minimum absolute atomic E-state index is 0.0386. The zero-order valence-electron chi connectivity index (χ0n) is 11.6. The van der Waals surface area contributed by atoms with E-state index in [4.69, 9.17) is 16.7 Å². The maximum absolute atomic E-state index is 11.9. The third kappa shape index (κ3) is 4.39. The molecule has 0 aromatic heterocycles. The fourth-order valence-electron chi connectivity index (χ4n) is 2.10. The summed E-state index contributed by atoms with van der Waals surface area (Å²) in [6, 6.07) is 7.47. The largest absolute Gasteiger partial charge is 0.396 e. The smallest absolute Gasteiger partial charge is 0.315 e. The van der Waals surface area contributed by atoms with E-state index in [2.05, 4.69) is 10.6 Å². The number of hydrogen-bond donors (Lipinski definition) is 3. The molecular weight excluding hydrogens is 276 g/mol. The van der Waals surface area contributed by atoms with E-state index in [1.165, 1.54) is 0 Å². The number of urea groups is 1. The van der Waals surface area contributed by atoms with Crippen molar-refractivity contribution in [3.05, 3.63) is 34.9 Å². The number of hydrogen-bond acceptors (Lipinski definition) is 2. The molecule has 5 heteroatoms. The SMILES string of the molecule is CC(CO)CNC(=O)NC(c1ccc(Cl)cc1)C1CC1. The van der Waals surface area contributed by atoms with E-state index in [-0.39, 0.29) is 24.6 Å². The third-order valence-corrected chi connectivity index (χ3v) is 3.78. The van der Waals surface area contributed by atoms with Crippen LogP contribution in [0.2, 0.25) is 5.02 Å². The molecule has 2 amide bonds. The van der Waals surface area contributed by atoms with Crippen LogP contribution < -0.4 is 10.6 Å². The van der Waals surface area contributed by atoms with Crippen LogP contribution >= 0.6 is 11.6 Å². The van der Waals surface area contributed by atoms with Gasteiger partial charge in [-0.1, -0.05) is 30.7 Å². The summed E-state index contributed by atoms with van der Waals surface area (Å²) in [7, 11) is 0. The highest BCUT2D eigenvalue weighted by molar-refractivity contribution is 6.30. The molecule has 2 unspecified atom stereocenters. The van der Waals surface area contributed by atoms with E-state index >= 15 is 0 Å². The van der Waals surface area contributed by atoms with Gasteiger partial charge in [0.25, 0.3) is 0 Å². The second-order valence-electron chi connectivity index (χ2n) is 5.51. The molecule has 2 rings (SSSR count). The molecule has 1 aromatic carbocycles. The van der Waals surface area contributed by atoms with Gasteiger partial charge < -0.3 is 15.7 Å². The first-order valence-electron chi connectivity index (χ1n) is 7.01. The van der Waals surface area contributed by atoms with Crippen molar-refractivity contribution in [3.8, 4) is 0 Å². The predicted octanol–water partition coefficient (Wildman–Crippen LogP) is 2.72. The highest BCUT2D eigenvalue weighted by Crippen LogP contribution is 2.41. The Labute approximate surface area is 124 Å². The van der Waals surface area contributed by atoms with Crippen LogP contribution in [-0.2, 0) is 0 Å². The Bertz CT molecular complexity index is 446. The van der Waals surface area contributed by atoms with Gasteiger partial charge in [-0.2, -0.15) is 0 Å². The molecular formula is C15H21ClN2O2. The van der Waals surface area contributed by atoms with Crippen molar-refractivity contribution in [2.24, 2.45) is 11.8 Å². The van der Waals surface area contributed by atoms with Gasteiger partial charge in [-0.05, 0) is 42.4 Å². The second kappa shape index (κ2) is 6.95. The van der Waals surface area contributed by atoms with Crippen LogP contribution in [0.15, 0.2) is 24.3 Å². The summed E-state index contributed by atoms with van der Waals surface area (Å²) in [5.74, 6) is 0.577. The Morgan fingerprint density at radius 3 is 2.60 bits per heavy atom. The Morgan fingerprint density at radius 1 is 1.40 bits per heavy atom. The van der Waals surface area contributed by atoms with Crippen molar-refractivity contribution in [2.45, 2.75) is 25.8 Å². The van der Waals surface area contributed by atoms with Gasteiger partial charge in [0, 0.05) is 18.2 Å². The quantitative estimate of drug-likeness (QED) is 0.756. The van der Waals surface area contributed by atoms with Crippen LogP contribution in [0.4, 0.5) is 4.79 Å².